The van der Waals surface area contributed by atoms with Crippen LogP contribution in [-0.2, 0) is 17.9 Å². The Bertz CT molecular complexity index is 1330. The normalized spacial score (nSPS) is 20.4. The average molecular weight is 524 g/mol. The molecule has 8 heteroatoms. The Hall–Kier alpha value is -3.19. The summed E-state index contributed by atoms with van der Waals surface area (Å²) in [5.74, 6) is 0.896. The van der Waals surface area contributed by atoms with Crippen molar-refractivity contribution in [3.05, 3.63) is 58.7 Å². The third-order valence-electron chi connectivity index (χ3n) is 7.91. The molecule has 0 radical (unpaired) electrons. The third kappa shape index (κ3) is 4.54. The molecule has 2 aliphatic rings. The minimum atomic E-state index is -1.14. The molecule has 2 amide bonds. The molecule has 2 heterocycles. The van der Waals surface area contributed by atoms with Crippen molar-refractivity contribution in [3.8, 4) is 11.5 Å². The third-order valence-corrected chi connectivity index (χ3v) is 8.28. The van der Waals surface area contributed by atoms with Gasteiger partial charge in [0, 0.05) is 23.0 Å². The topological polar surface area (TPSA) is 72.8 Å². The lowest BCUT2D eigenvalue weighted by molar-refractivity contribution is -0.134. The van der Waals surface area contributed by atoms with Crippen LogP contribution in [0.3, 0.4) is 0 Å². The number of aromatic nitrogens is 1. The number of fused-ring (bicyclic) bond motifs is 3. The van der Waals surface area contributed by atoms with E-state index in [4.69, 9.17) is 21.1 Å². The number of hydrogen-bond acceptors (Lipinski definition) is 4. The van der Waals surface area contributed by atoms with Crippen LogP contribution in [0.4, 0.5) is 0 Å². The minimum absolute atomic E-state index is 0.113. The first kappa shape index (κ1) is 25.5. The summed E-state index contributed by atoms with van der Waals surface area (Å²) < 4.78 is 13.2. The van der Waals surface area contributed by atoms with Crippen molar-refractivity contribution in [1.82, 2.24) is 14.8 Å². The van der Waals surface area contributed by atoms with Gasteiger partial charge in [-0.25, -0.2) is 0 Å². The molecule has 1 fully saturated rings. The quantitative estimate of drug-likeness (QED) is 0.429. The second-order valence-corrected chi connectivity index (χ2v) is 10.7. The largest absolute Gasteiger partial charge is 0.496 e. The van der Waals surface area contributed by atoms with Crippen LogP contribution in [-0.4, -0.2) is 47.1 Å². The van der Waals surface area contributed by atoms with E-state index >= 15 is 0 Å². The fraction of sp³-hybridized carbons (Fsp3) is 0.448. The van der Waals surface area contributed by atoms with Crippen LogP contribution in [0.5, 0.6) is 11.5 Å². The van der Waals surface area contributed by atoms with Crippen LogP contribution in [0, 0.1) is 0 Å². The van der Waals surface area contributed by atoms with Gasteiger partial charge in [0.1, 0.15) is 22.7 Å². The van der Waals surface area contributed by atoms with Crippen molar-refractivity contribution in [2.24, 2.45) is 0 Å². The molecule has 0 unspecified atom stereocenters. The molecule has 1 saturated carbocycles. The number of nitrogens with zero attached hydrogens (tertiary/aromatic N) is 2. The van der Waals surface area contributed by atoms with Gasteiger partial charge in [-0.3, -0.25) is 9.59 Å². The predicted octanol–water partition coefficient (Wildman–Crippen LogP) is 5.57. The highest BCUT2D eigenvalue weighted by atomic mass is 35.5. The van der Waals surface area contributed by atoms with E-state index in [1.807, 2.05) is 47.9 Å². The molecule has 7 nitrogen and oxygen atoms in total. The van der Waals surface area contributed by atoms with E-state index in [1.165, 1.54) is 12.8 Å². The van der Waals surface area contributed by atoms with Crippen molar-refractivity contribution in [2.75, 3.05) is 14.2 Å². The Labute approximate surface area is 222 Å². The van der Waals surface area contributed by atoms with Crippen molar-refractivity contribution in [2.45, 2.75) is 70.1 Å². The van der Waals surface area contributed by atoms with Gasteiger partial charge in [-0.1, -0.05) is 55.5 Å². The van der Waals surface area contributed by atoms with Gasteiger partial charge in [0.2, 0.25) is 5.91 Å². The smallest absolute Gasteiger partial charge is 0.271 e. The number of methoxy groups -OCH3 is 2. The summed E-state index contributed by atoms with van der Waals surface area (Å²) >= 11 is 6.50. The van der Waals surface area contributed by atoms with E-state index in [0.717, 1.165) is 42.1 Å². The van der Waals surface area contributed by atoms with Crippen LogP contribution in [0.15, 0.2) is 42.5 Å². The highest BCUT2D eigenvalue weighted by Crippen LogP contribution is 2.41. The van der Waals surface area contributed by atoms with Crippen LogP contribution in [0.2, 0.25) is 5.02 Å². The van der Waals surface area contributed by atoms with Crippen LogP contribution < -0.4 is 14.8 Å². The molecule has 1 atom stereocenters. The van der Waals surface area contributed by atoms with Gasteiger partial charge in [0.05, 0.1) is 26.3 Å². The molecule has 1 aromatic heterocycles. The van der Waals surface area contributed by atoms with Crippen molar-refractivity contribution < 1.29 is 19.1 Å². The first-order valence-corrected chi connectivity index (χ1v) is 13.4. The van der Waals surface area contributed by atoms with Gasteiger partial charge in [0.25, 0.3) is 5.91 Å². The van der Waals surface area contributed by atoms with Gasteiger partial charge >= 0.3 is 0 Å². The Kier molecular flexibility index (Phi) is 7.08. The summed E-state index contributed by atoms with van der Waals surface area (Å²) in [6.07, 6.45) is 6.52. The number of halogens is 1. The first-order chi connectivity index (χ1) is 17.9. The Morgan fingerprint density at radius 2 is 1.73 bits per heavy atom. The van der Waals surface area contributed by atoms with Gasteiger partial charge in [0.15, 0.2) is 0 Å². The summed E-state index contributed by atoms with van der Waals surface area (Å²) in [6, 6.07) is 13.1. The van der Waals surface area contributed by atoms with Crippen LogP contribution in [0.1, 0.15) is 61.5 Å². The maximum atomic E-state index is 14.2. The lowest BCUT2D eigenvalue weighted by atomic mass is 9.93. The summed E-state index contributed by atoms with van der Waals surface area (Å²) in [6.45, 7) is 2.36. The number of ether oxygens (including phenoxy) is 2. The molecule has 0 bridgehead atoms. The summed E-state index contributed by atoms with van der Waals surface area (Å²) in [4.78, 5) is 29.9. The zero-order valence-corrected chi connectivity index (χ0v) is 22.4. The predicted molar refractivity (Wildman–Crippen MR) is 144 cm³/mol. The molecule has 0 spiro atoms. The highest BCUT2D eigenvalue weighted by molar-refractivity contribution is 6.31. The molecular weight excluding hydrogens is 490 g/mol. The lowest BCUT2D eigenvalue weighted by Gasteiger charge is -2.44. The SMILES string of the molecule is COc1ccc(OC)c2c1cc1n2C[C@](C)(C(=O)NC2CCCCCC2)N(Cc2ccccc2Cl)C1=O. The van der Waals surface area contributed by atoms with Gasteiger partial charge in [-0.05, 0) is 49.6 Å². The summed E-state index contributed by atoms with van der Waals surface area (Å²) in [5.41, 5.74) is 0.890. The number of carbonyl (C=O) groups is 2. The van der Waals surface area contributed by atoms with Crippen molar-refractivity contribution >= 4 is 34.3 Å². The molecule has 196 valence electrons. The van der Waals surface area contributed by atoms with E-state index in [1.54, 1.807) is 25.2 Å². The number of benzene rings is 2. The Morgan fingerprint density at radius 1 is 1.05 bits per heavy atom. The second kappa shape index (κ2) is 10.3. The number of carbonyl (C=O) groups excluding carboxylic acids is 2. The fourth-order valence-electron chi connectivity index (χ4n) is 5.76. The molecular formula is C29H34ClN3O4. The average Bonchev–Trinajstić information content (AvgIpc) is 3.08. The summed E-state index contributed by atoms with van der Waals surface area (Å²) in [5, 5.41) is 4.65. The molecule has 0 saturated heterocycles. The first-order valence-electron chi connectivity index (χ1n) is 13.0. The monoisotopic (exact) mass is 523 g/mol. The Balaban J connectivity index is 1.62. The van der Waals surface area contributed by atoms with Gasteiger partial charge < -0.3 is 24.3 Å². The molecule has 37 heavy (non-hydrogen) atoms. The lowest BCUT2D eigenvalue weighted by Crippen LogP contribution is -2.64. The van der Waals surface area contributed by atoms with Gasteiger partial charge in [-0.2, -0.15) is 0 Å². The van der Waals surface area contributed by atoms with E-state index in [2.05, 4.69) is 5.32 Å². The maximum absolute atomic E-state index is 14.2. The minimum Gasteiger partial charge on any atom is -0.496 e. The van der Waals surface area contributed by atoms with E-state index in [-0.39, 0.29) is 30.9 Å². The number of amides is 2. The standard InChI is InChI=1S/C29H34ClN3O4/c1-29(28(35)31-20-11-6-4-5-7-12-20)18-32-23(16-21-24(36-2)14-15-25(37-3)26(21)32)27(34)33(29)17-19-10-8-9-13-22(19)30/h8-10,13-16,20H,4-7,11-12,17-18H2,1-3H3,(H,31,35)/t29-/m1/s1. The van der Waals surface area contributed by atoms with Crippen LogP contribution in [0.25, 0.3) is 10.9 Å². The number of hydrogen-bond donors (Lipinski definition) is 1. The zero-order valence-electron chi connectivity index (χ0n) is 21.7. The highest BCUT2D eigenvalue weighted by Gasteiger charge is 2.48. The molecule has 3 aromatic rings. The van der Waals surface area contributed by atoms with E-state index < -0.39 is 5.54 Å². The van der Waals surface area contributed by atoms with Gasteiger partial charge in [-0.15, -0.1) is 0 Å². The second-order valence-electron chi connectivity index (χ2n) is 10.3. The number of rotatable bonds is 6. The molecule has 1 aliphatic heterocycles. The molecule has 1 aliphatic carbocycles. The maximum Gasteiger partial charge on any atom is 0.271 e. The van der Waals surface area contributed by atoms with Crippen LogP contribution >= 0.6 is 11.6 Å². The Morgan fingerprint density at radius 3 is 2.41 bits per heavy atom. The molecule has 5 rings (SSSR count). The molecule has 2 aromatic carbocycles. The number of nitrogens with one attached hydrogen (secondary N) is 1. The molecule has 1 N–H and O–H groups in total. The van der Waals surface area contributed by atoms with E-state index in [9.17, 15) is 9.59 Å². The fourth-order valence-corrected chi connectivity index (χ4v) is 5.96. The van der Waals surface area contributed by atoms with Crippen molar-refractivity contribution in [1.29, 1.82) is 0 Å². The summed E-state index contributed by atoms with van der Waals surface area (Å²) in [7, 11) is 3.21. The van der Waals surface area contributed by atoms with Crippen molar-refractivity contribution in [3.63, 3.8) is 0 Å². The zero-order chi connectivity index (χ0) is 26.2. The van der Waals surface area contributed by atoms with E-state index in [0.29, 0.717) is 22.2 Å².